The van der Waals surface area contributed by atoms with E-state index in [9.17, 15) is 0 Å². The molecule has 15 heavy (non-hydrogen) atoms. The normalized spacial score (nSPS) is 9.93. The molecule has 0 unspecified atom stereocenters. The topological polar surface area (TPSA) is 50.7 Å². The predicted molar refractivity (Wildman–Crippen MR) is 59.4 cm³/mol. The van der Waals surface area contributed by atoms with E-state index in [1.54, 1.807) is 6.20 Å². The zero-order chi connectivity index (χ0) is 10.5. The summed E-state index contributed by atoms with van der Waals surface area (Å²) in [6.07, 6.45) is 1.72. The highest BCUT2D eigenvalue weighted by molar-refractivity contribution is 5.57. The molecule has 0 aliphatic rings. The Kier molecular flexibility index (Phi) is 2.88. The van der Waals surface area contributed by atoms with E-state index in [2.05, 4.69) is 20.5 Å². The van der Waals surface area contributed by atoms with Gasteiger partial charge in [-0.15, -0.1) is 10.2 Å². The van der Waals surface area contributed by atoms with E-state index in [0.29, 0.717) is 5.95 Å². The zero-order valence-corrected chi connectivity index (χ0v) is 8.51. The summed E-state index contributed by atoms with van der Waals surface area (Å²) in [6, 6.07) is 9.87. The summed E-state index contributed by atoms with van der Waals surface area (Å²) in [7, 11) is 0. The minimum absolute atomic E-state index is 0.567. The third-order valence-corrected chi connectivity index (χ3v) is 1.97. The fraction of sp³-hybridized carbons (Fsp3) is 0.182. The monoisotopic (exact) mass is 200 g/mol. The highest BCUT2D eigenvalue weighted by Crippen LogP contribution is 2.14. The van der Waals surface area contributed by atoms with Crippen LogP contribution in [0, 0.1) is 0 Å². The van der Waals surface area contributed by atoms with E-state index in [4.69, 9.17) is 0 Å². The van der Waals surface area contributed by atoms with Crippen molar-refractivity contribution in [1.29, 1.82) is 0 Å². The summed E-state index contributed by atoms with van der Waals surface area (Å²) in [5, 5.41) is 11.1. The van der Waals surface area contributed by atoms with Crippen molar-refractivity contribution < 1.29 is 0 Å². The fourth-order valence-corrected chi connectivity index (χ4v) is 1.26. The molecule has 0 aliphatic carbocycles. The van der Waals surface area contributed by atoms with Crippen molar-refractivity contribution >= 4 is 5.95 Å². The maximum absolute atomic E-state index is 4.16. The van der Waals surface area contributed by atoms with E-state index in [1.165, 1.54) is 0 Å². The van der Waals surface area contributed by atoms with Gasteiger partial charge in [0.2, 0.25) is 5.95 Å². The second kappa shape index (κ2) is 4.50. The van der Waals surface area contributed by atoms with Crippen LogP contribution in [0.1, 0.15) is 6.92 Å². The lowest BCUT2D eigenvalue weighted by atomic mass is 10.2. The summed E-state index contributed by atoms with van der Waals surface area (Å²) in [4.78, 5) is 4.16. The molecule has 0 fully saturated rings. The molecule has 0 saturated heterocycles. The van der Waals surface area contributed by atoms with Gasteiger partial charge in [0.25, 0.3) is 0 Å². The van der Waals surface area contributed by atoms with E-state index in [1.807, 2.05) is 37.3 Å². The Hall–Kier alpha value is -1.97. The van der Waals surface area contributed by atoms with Gasteiger partial charge in [0.15, 0.2) is 0 Å². The first-order chi connectivity index (χ1) is 7.40. The van der Waals surface area contributed by atoms with Gasteiger partial charge >= 0.3 is 0 Å². The van der Waals surface area contributed by atoms with Crippen molar-refractivity contribution in [3.05, 3.63) is 36.5 Å². The van der Waals surface area contributed by atoms with Gasteiger partial charge in [-0.1, -0.05) is 30.3 Å². The first-order valence-electron chi connectivity index (χ1n) is 4.89. The number of aromatic nitrogens is 3. The molecule has 1 N–H and O–H groups in total. The van der Waals surface area contributed by atoms with E-state index < -0.39 is 0 Å². The van der Waals surface area contributed by atoms with Crippen molar-refractivity contribution in [1.82, 2.24) is 15.2 Å². The van der Waals surface area contributed by atoms with Crippen molar-refractivity contribution in [3.63, 3.8) is 0 Å². The van der Waals surface area contributed by atoms with Gasteiger partial charge in [-0.3, -0.25) is 0 Å². The smallest absolute Gasteiger partial charge is 0.242 e. The first-order valence-corrected chi connectivity index (χ1v) is 4.89. The summed E-state index contributed by atoms with van der Waals surface area (Å²) < 4.78 is 0. The molecule has 4 nitrogen and oxygen atoms in total. The van der Waals surface area contributed by atoms with Gasteiger partial charge in [0, 0.05) is 12.1 Å². The minimum Gasteiger partial charge on any atom is -0.353 e. The average molecular weight is 200 g/mol. The van der Waals surface area contributed by atoms with Crippen LogP contribution in [-0.4, -0.2) is 21.7 Å². The quantitative estimate of drug-likeness (QED) is 0.823. The number of hydrogen-bond donors (Lipinski definition) is 1. The molecule has 1 aromatic carbocycles. The maximum Gasteiger partial charge on any atom is 0.242 e. The van der Waals surface area contributed by atoms with Crippen LogP contribution in [0.4, 0.5) is 5.95 Å². The van der Waals surface area contributed by atoms with Crippen molar-refractivity contribution in [2.75, 3.05) is 11.9 Å². The van der Waals surface area contributed by atoms with Crippen LogP contribution in [-0.2, 0) is 0 Å². The average Bonchev–Trinajstić information content (AvgIpc) is 2.32. The summed E-state index contributed by atoms with van der Waals surface area (Å²) in [5.74, 6) is 0.567. The molecular formula is C11H12N4. The Morgan fingerprint density at radius 1 is 1.13 bits per heavy atom. The molecule has 0 aliphatic heterocycles. The molecule has 76 valence electrons. The van der Waals surface area contributed by atoms with Crippen LogP contribution in [0.2, 0.25) is 0 Å². The van der Waals surface area contributed by atoms with Crippen molar-refractivity contribution in [3.8, 4) is 11.3 Å². The van der Waals surface area contributed by atoms with Gasteiger partial charge < -0.3 is 5.32 Å². The number of anilines is 1. The first kappa shape index (κ1) is 9.58. The second-order valence-electron chi connectivity index (χ2n) is 3.06. The highest BCUT2D eigenvalue weighted by Gasteiger charge is 2.00. The second-order valence-corrected chi connectivity index (χ2v) is 3.06. The third-order valence-electron chi connectivity index (χ3n) is 1.97. The Bertz CT molecular complexity index is 410. The molecule has 2 aromatic rings. The summed E-state index contributed by atoms with van der Waals surface area (Å²) in [5.41, 5.74) is 1.82. The largest absolute Gasteiger partial charge is 0.353 e. The Morgan fingerprint density at radius 2 is 1.93 bits per heavy atom. The number of nitrogens with one attached hydrogen (secondary N) is 1. The van der Waals surface area contributed by atoms with Crippen LogP contribution in [0.3, 0.4) is 0 Å². The number of benzene rings is 1. The SMILES string of the molecule is CCNc1ncc(-c2ccccc2)nn1. The van der Waals surface area contributed by atoms with Crippen LogP contribution in [0.15, 0.2) is 36.5 Å². The van der Waals surface area contributed by atoms with E-state index in [-0.39, 0.29) is 0 Å². The molecule has 1 aromatic heterocycles. The molecule has 0 bridgehead atoms. The molecule has 0 amide bonds. The van der Waals surface area contributed by atoms with Crippen LogP contribution in [0.25, 0.3) is 11.3 Å². The lowest BCUT2D eigenvalue weighted by molar-refractivity contribution is 0.961. The van der Waals surface area contributed by atoms with Crippen LogP contribution >= 0.6 is 0 Å². The minimum atomic E-state index is 0.567. The number of rotatable bonds is 3. The lowest BCUT2D eigenvalue weighted by Gasteiger charge is -2.01. The van der Waals surface area contributed by atoms with Crippen molar-refractivity contribution in [2.45, 2.75) is 6.92 Å². The molecule has 0 radical (unpaired) electrons. The molecular weight excluding hydrogens is 188 g/mol. The molecule has 2 rings (SSSR count). The van der Waals surface area contributed by atoms with E-state index in [0.717, 1.165) is 17.8 Å². The summed E-state index contributed by atoms with van der Waals surface area (Å²) in [6.45, 7) is 2.79. The maximum atomic E-state index is 4.16. The van der Waals surface area contributed by atoms with Gasteiger partial charge in [-0.25, -0.2) is 4.98 Å². The Labute approximate surface area is 88.4 Å². The molecule has 1 heterocycles. The highest BCUT2D eigenvalue weighted by atomic mass is 15.2. The van der Waals surface area contributed by atoms with Crippen LogP contribution < -0.4 is 5.32 Å². The van der Waals surface area contributed by atoms with Gasteiger partial charge in [0.05, 0.1) is 6.20 Å². The Balaban J connectivity index is 2.24. The lowest BCUT2D eigenvalue weighted by Crippen LogP contribution is -2.03. The predicted octanol–water partition coefficient (Wildman–Crippen LogP) is 1.97. The van der Waals surface area contributed by atoms with Gasteiger partial charge in [0.1, 0.15) is 5.69 Å². The summed E-state index contributed by atoms with van der Waals surface area (Å²) >= 11 is 0. The fourth-order valence-electron chi connectivity index (χ4n) is 1.26. The zero-order valence-electron chi connectivity index (χ0n) is 8.51. The van der Waals surface area contributed by atoms with Gasteiger partial charge in [-0.05, 0) is 6.92 Å². The standard InChI is InChI=1S/C11H12N4/c1-2-12-11-13-8-10(14-15-11)9-6-4-3-5-7-9/h3-8H,2H2,1H3,(H,12,13,15). The number of nitrogens with zero attached hydrogens (tertiary/aromatic N) is 3. The molecule has 4 heteroatoms. The third kappa shape index (κ3) is 2.28. The van der Waals surface area contributed by atoms with E-state index >= 15 is 0 Å². The van der Waals surface area contributed by atoms with Crippen molar-refractivity contribution in [2.24, 2.45) is 0 Å². The molecule has 0 atom stereocenters. The molecule has 0 spiro atoms. The van der Waals surface area contributed by atoms with Gasteiger partial charge in [-0.2, -0.15) is 0 Å². The number of hydrogen-bond acceptors (Lipinski definition) is 4. The Morgan fingerprint density at radius 3 is 2.53 bits per heavy atom. The van der Waals surface area contributed by atoms with Crippen LogP contribution in [0.5, 0.6) is 0 Å². The molecule has 0 saturated carbocycles.